The van der Waals surface area contributed by atoms with Crippen molar-refractivity contribution in [1.82, 2.24) is 5.06 Å². The normalized spacial score (nSPS) is 27.6. The second-order valence-electron chi connectivity index (χ2n) is 5.85. The summed E-state index contributed by atoms with van der Waals surface area (Å²) in [5.41, 5.74) is -0.458. The van der Waals surface area contributed by atoms with Gasteiger partial charge in [0.15, 0.2) is 0 Å². The average molecular weight is 303 g/mol. The van der Waals surface area contributed by atoms with Crippen molar-refractivity contribution in [3.8, 4) is 0 Å². The van der Waals surface area contributed by atoms with Gasteiger partial charge in [-0.2, -0.15) is 0 Å². The molecule has 1 aliphatic heterocycles. The molecule has 6 heteroatoms. The van der Waals surface area contributed by atoms with Crippen molar-refractivity contribution in [2.75, 3.05) is 0 Å². The molecule has 0 bridgehead atoms. The second kappa shape index (κ2) is 4.45. The molecule has 1 aliphatic rings. The van der Waals surface area contributed by atoms with Crippen molar-refractivity contribution < 1.29 is 13.6 Å². The van der Waals surface area contributed by atoms with Crippen LogP contribution in [0.4, 0.5) is 0 Å². The Hall–Kier alpha value is -0.620. The van der Waals surface area contributed by atoms with Crippen molar-refractivity contribution >= 4 is 19.7 Å². The molecule has 1 saturated heterocycles. The highest BCUT2D eigenvalue weighted by Gasteiger charge is 2.49. The van der Waals surface area contributed by atoms with Gasteiger partial charge in [-0.05, 0) is 51.3 Å². The van der Waals surface area contributed by atoms with Gasteiger partial charge < -0.3 is 0 Å². The van der Waals surface area contributed by atoms with Crippen LogP contribution in [0.25, 0.3) is 0 Å². The van der Waals surface area contributed by atoms with Crippen molar-refractivity contribution in [3.63, 3.8) is 0 Å². The molecular formula is C13H17ClNO3S. The third kappa shape index (κ3) is 2.52. The van der Waals surface area contributed by atoms with Gasteiger partial charge in [-0.15, -0.1) is 10.3 Å². The van der Waals surface area contributed by atoms with Gasteiger partial charge in [0.2, 0.25) is 0 Å². The second-order valence-corrected chi connectivity index (χ2v) is 8.41. The predicted octanol–water partition coefficient (Wildman–Crippen LogP) is 3.05. The minimum Gasteiger partial charge on any atom is -0.207 e. The summed E-state index contributed by atoms with van der Waals surface area (Å²) in [5.74, 6) is 0. The van der Waals surface area contributed by atoms with E-state index in [2.05, 4.69) is 0 Å². The van der Waals surface area contributed by atoms with Gasteiger partial charge >= 0.3 is 0 Å². The number of halogens is 1. The van der Waals surface area contributed by atoms with Crippen molar-refractivity contribution in [2.24, 2.45) is 0 Å². The number of hydrogen-bond donors (Lipinski definition) is 0. The summed E-state index contributed by atoms with van der Waals surface area (Å²) in [7, 11) is 1.58. The van der Waals surface area contributed by atoms with Crippen molar-refractivity contribution in [2.45, 2.75) is 49.6 Å². The fourth-order valence-electron chi connectivity index (χ4n) is 2.66. The molecular weight excluding hydrogens is 286 g/mol. The molecule has 1 aromatic rings. The Balaban J connectivity index is 2.49. The van der Waals surface area contributed by atoms with Gasteiger partial charge in [0, 0.05) is 16.2 Å². The van der Waals surface area contributed by atoms with E-state index < -0.39 is 20.1 Å². The zero-order valence-corrected chi connectivity index (χ0v) is 12.8. The summed E-state index contributed by atoms with van der Waals surface area (Å²) in [6.45, 7) is 5.63. The van der Waals surface area contributed by atoms with E-state index in [0.29, 0.717) is 12.0 Å². The Kier molecular flexibility index (Phi) is 3.46. The number of nitrogens with zero attached hydrogens (tertiary/aromatic N) is 1. The van der Waals surface area contributed by atoms with Crippen LogP contribution in [-0.2, 0) is 19.8 Å². The molecule has 4 nitrogen and oxygen atoms in total. The number of rotatable bonds is 2. The molecule has 2 rings (SSSR count). The molecule has 0 N–H and O–H groups in total. The monoisotopic (exact) mass is 302 g/mol. The van der Waals surface area contributed by atoms with Crippen LogP contribution in [0.1, 0.15) is 39.2 Å². The van der Waals surface area contributed by atoms with Crippen LogP contribution in [0.15, 0.2) is 29.2 Å². The predicted molar refractivity (Wildman–Crippen MR) is 72.7 cm³/mol. The molecule has 0 saturated carbocycles. The molecule has 19 heavy (non-hydrogen) atoms. The Morgan fingerprint density at radius 3 is 2.32 bits per heavy atom. The molecule has 1 atom stereocenters. The van der Waals surface area contributed by atoms with Gasteiger partial charge in [0.05, 0.1) is 10.4 Å². The first-order chi connectivity index (χ1) is 8.57. The fraction of sp³-hybridized carbons (Fsp3) is 0.538. The molecule has 1 radical (unpaired) electrons. The van der Waals surface area contributed by atoms with E-state index in [1.54, 1.807) is 12.1 Å². The molecule has 1 fully saturated rings. The van der Waals surface area contributed by atoms with Crippen LogP contribution in [-0.4, -0.2) is 19.0 Å². The van der Waals surface area contributed by atoms with Crippen LogP contribution < -0.4 is 0 Å². The van der Waals surface area contributed by atoms with E-state index in [-0.39, 0.29) is 4.90 Å². The molecule has 0 aliphatic carbocycles. The fourth-order valence-corrected chi connectivity index (χ4v) is 3.46. The lowest BCUT2D eigenvalue weighted by Crippen LogP contribution is -2.44. The lowest BCUT2D eigenvalue weighted by Gasteiger charge is -2.35. The lowest BCUT2D eigenvalue weighted by atomic mass is 9.90. The van der Waals surface area contributed by atoms with Gasteiger partial charge in [0.1, 0.15) is 0 Å². The van der Waals surface area contributed by atoms with Crippen molar-refractivity contribution in [3.05, 3.63) is 29.8 Å². The zero-order chi connectivity index (χ0) is 14.5. The van der Waals surface area contributed by atoms with E-state index in [4.69, 9.17) is 10.7 Å². The highest BCUT2D eigenvalue weighted by atomic mass is 35.7. The first-order valence-corrected chi connectivity index (χ1v) is 8.41. The van der Waals surface area contributed by atoms with Crippen LogP contribution in [0.3, 0.4) is 0 Å². The van der Waals surface area contributed by atoms with E-state index in [0.717, 1.165) is 11.5 Å². The minimum absolute atomic E-state index is 0.0333. The van der Waals surface area contributed by atoms with Crippen LogP contribution in [0.2, 0.25) is 0 Å². The zero-order valence-electron chi connectivity index (χ0n) is 11.2. The maximum Gasteiger partial charge on any atom is 0.261 e. The quantitative estimate of drug-likeness (QED) is 0.789. The summed E-state index contributed by atoms with van der Waals surface area (Å²) in [5, 5.41) is 13.5. The van der Waals surface area contributed by atoms with E-state index in [9.17, 15) is 13.6 Å². The maximum absolute atomic E-state index is 12.4. The molecule has 105 valence electrons. The average Bonchev–Trinajstić information content (AvgIpc) is 2.54. The Labute approximate surface area is 118 Å². The number of hydroxylamine groups is 2. The Morgan fingerprint density at radius 2 is 1.84 bits per heavy atom. The van der Waals surface area contributed by atoms with Gasteiger partial charge in [-0.3, -0.25) is 0 Å². The van der Waals surface area contributed by atoms with E-state index in [1.807, 2.05) is 20.8 Å². The minimum atomic E-state index is -3.78. The van der Waals surface area contributed by atoms with Crippen LogP contribution in [0.5, 0.6) is 0 Å². The first-order valence-electron chi connectivity index (χ1n) is 6.10. The van der Waals surface area contributed by atoms with E-state index in [1.165, 1.54) is 12.1 Å². The third-order valence-electron chi connectivity index (χ3n) is 3.96. The van der Waals surface area contributed by atoms with Gasteiger partial charge in [-0.1, -0.05) is 12.1 Å². The molecule has 0 aromatic heterocycles. The number of hydrogen-bond acceptors (Lipinski definition) is 3. The summed E-state index contributed by atoms with van der Waals surface area (Å²) in [6, 6.07) is 6.33. The smallest absolute Gasteiger partial charge is 0.207 e. The van der Waals surface area contributed by atoms with Gasteiger partial charge in [0.25, 0.3) is 9.05 Å². The molecule has 1 unspecified atom stereocenters. The highest BCUT2D eigenvalue weighted by molar-refractivity contribution is 8.13. The van der Waals surface area contributed by atoms with Crippen LogP contribution >= 0.6 is 10.7 Å². The summed E-state index contributed by atoms with van der Waals surface area (Å²) in [6.07, 6.45) is 1.46. The largest absolute Gasteiger partial charge is 0.261 e. The maximum atomic E-state index is 12.4. The summed E-state index contributed by atoms with van der Waals surface area (Å²) in [4.78, 5) is 0.0333. The Morgan fingerprint density at radius 1 is 1.21 bits per heavy atom. The topological polar surface area (TPSA) is 57.3 Å². The molecule has 1 heterocycles. The molecule has 0 spiro atoms. The summed E-state index contributed by atoms with van der Waals surface area (Å²) >= 11 is 0. The van der Waals surface area contributed by atoms with Crippen molar-refractivity contribution in [1.29, 1.82) is 0 Å². The number of benzene rings is 1. The molecule has 1 aromatic carbocycles. The van der Waals surface area contributed by atoms with Crippen LogP contribution in [0, 0.1) is 0 Å². The first kappa shape index (κ1) is 14.8. The molecule has 0 amide bonds. The Bertz CT molecular complexity index is 600. The summed E-state index contributed by atoms with van der Waals surface area (Å²) < 4.78 is 22.8. The van der Waals surface area contributed by atoms with Gasteiger partial charge in [-0.25, -0.2) is 8.42 Å². The third-order valence-corrected chi connectivity index (χ3v) is 5.31. The lowest BCUT2D eigenvalue weighted by molar-refractivity contribution is -0.252. The standard InChI is InChI=1S/C13H17ClNO3S/c1-12(2)7-8-13(3,15(12)16)10-5-4-6-11(9-10)19(14,17)18/h4-6,9H,7-8H2,1-3H3. The SMILES string of the molecule is CC1(C)CCC(C)(c2cccc(S(=O)(=O)Cl)c2)N1[O]. The van der Waals surface area contributed by atoms with E-state index >= 15 is 0 Å². The highest BCUT2D eigenvalue weighted by Crippen LogP contribution is 2.46.